The van der Waals surface area contributed by atoms with Crippen molar-refractivity contribution in [1.29, 1.82) is 0 Å². The zero-order chi connectivity index (χ0) is 26.8. The van der Waals surface area contributed by atoms with Gasteiger partial charge in [0.15, 0.2) is 6.61 Å². The van der Waals surface area contributed by atoms with E-state index in [2.05, 4.69) is 5.32 Å². The number of amides is 2. The number of nitrogens with two attached hydrogens (primary N) is 1. The van der Waals surface area contributed by atoms with E-state index in [1.54, 1.807) is 34.9 Å². The van der Waals surface area contributed by atoms with E-state index in [9.17, 15) is 23.9 Å². The van der Waals surface area contributed by atoms with Crippen LogP contribution in [0.1, 0.15) is 46.4 Å². The second-order valence-electron chi connectivity index (χ2n) is 10.3. The van der Waals surface area contributed by atoms with Crippen LogP contribution >= 0.6 is 0 Å². The van der Waals surface area contributed by atoms with Crippen LogP contribution in [0.4, 0.5) is 9.18 Å². The van der Waals surface area contributed by atoms with Gasteiger partial charge in [0.25, 0.3) is 11.5 Å². The van der Waals surface area contributed by atoms with Crippen molar-refractivity contribution in [2.24, 2.45) is 17.1 Å². The first-order chi connectivity index (χ1) is 16.8. The first kappa shape index (κ1) is 26.7. The summed E-state index contributed by atoms with van der Waals surface area (Å²) in [5.41, 5.74) is 5.94. The van der Waals surface area contributed by atoms with Gasteiger partial charge in [-0.05, 0) is 47.2 Å². The number of nitrogens with zero attached hydrogens (tertiary/aromatic N) is 1. The third-order valence-corrected chi connectivity index (χ3v) is 5.75. The molecule has 3 aromatic rings. The molecule has 0 aliphatic heterocycles. The van der Waals surface area contributed by atoms with Gasteiger partial charge in [-0.1, -0.05) is 46.8 Å². The molecule has 0 radical (unpaired) electrons. The van der Waals surface area contributed by atoms with Crippen LogP contribution in [0.2, 0.25) is 0 Å². The Balaban J connectivity index is 2.53. The molecular formula is C27H32FN3O5. The highest BCUT2D eigenvalue weighted by Gasteiger charge is 2.34. The molecule has 0 saturated heterocycles. The van der Waals surface area contributed by atoms with Crippen molar-refractivity contribution in [3.63, 3.8) is 0 Å². The molecule has 1 aromatic heterocycles. The van der Waals surface area contributed by atoms with Gasteiger partial charge < -0.3 is 25.5 Å². The summed E-state index contributed by atoms with van der Waals surface area (Å²) in [6.07, 6.45) is -1.23. The Morgan fingerprint density at radius 3 is 2.28 bits per heavy atom. The third kappa shape index (κ3) is 5.84. The molecule has 0 saturated carbocycles. The molecule has 3 rings (SSSR count). The van der Waals surface area contributed by atoms with Gasteiger partial charge in [0, 0.05) is 22.9 Å². The van der Waals surface area contributed by atoms with Crippen LogP contribution in [0, 0.1) is 17.2 Å². The number of fused-ring (bicyclic) bond motifs is 1. The third-order valence-electron chi connectivity index (χ3n) is 5.75. The van der Waals surface area contributed by atoms with E-state index in [1.165, 1.54) is 12.1 Å². The standard InChI is InChI=1S/C27H32FN3O5/c1-15(2)13-31-23(24(27(3,4)5)30-26(34)35)22(16-6-8-17(28)9-7-16)20-12-18(36-14-21(29)32)10-11-19(20)25(31)33/h6-12,15,24,30H,13-14H2,1-5H3,(H2,29,32)(H,34,35). The number of nitrogens with one attached hydrogen (secondary N) is 1. The molecule has 192 valence electrons. The van der Waals surface area contributed by atoms with Crippen LogP contribution in [0.5, 0.6) is 5.75 Å². The first-order valence-electron chi connectivity index (χ1n) is 11.7. The molecule has 1 heterocycles. The number of pyridine rings is 1. The largest absolute Gasteiger partial charge is 0.484 e. The lowest BCUT2D eigenvalue weighted by atomic mass is 9.80. The number of benzene rings is 2. The molecule has 36 heavy (non-hydrogen) atoms. The number of ether oxygens (including phenoxy) is 1. The fourth-order valence-corrected chi connectivity index (χ4v) is 4.27. The Labute approximate surface area is 208 Å². The lowest BCUT2D eigenvalue weighted by molar-refractivity contribution is -0.119. The number of halogens is 1. The van der Waals surface area contributed by atoms with Gasteiger partial charge in [0.1, 0.15) is 11.6 Å². The summed E-state index contributed by atoms with van der Waals surface area (Å²) in [6, 6.07) is 9.84. The lowest BCUT2D eigenvalue weighted by Crippen LogP contribution is -2.40. The van der Waals surface area contributed by atoms with Gasteiger partial charge >= 0.3 is 6.09 Å². The molecule has 8 nitrogen and oxygen atoms in total. The molecule has 0 fully saturated rings. The summed E-state index contributed by atoms with van der Waals surface area (Å²) in [5, 5.41) is 13.2. The second kappa shape index (κ2) is 10.4. The zero-order valence-corrected chi connectivity index (χ0v) is 21.1. The summed E-state index contributed by atoms with van der Waals surface area (Å²) in [4.78, 5) is 37.0. The normalized spacial score (nSPS) is 12.5. The molecular weight excluding hydrogens is 465 g/mol. The quantitative estimate of drug-likeness (QED) is 0.417. The summed E-state index contributed by atoms with van der Waals surface area (Å²) < 4.78 is 21.0. The van der Waals surface area contributed by atoms with Crippen LogP contribution in [0.15, 0.2) is 47.3 Å². The average Bonchev–Trinajstić information content (AvgIpc) is 2.77. The van der Waals surface area contributed by atoms with Crippen molar-refractivity contribution in [2.75, 3.05) is 6.61 Å². The number of carbonyl (C=O) groups is 2. The summed E-state index contributed by atoms with van der Waals surface area (Å²) in [5.74, 6) is -0.694. The predicted molar refractivity (Wildman–Crippen MR) is 136 cm³/mol. The van der Waals surface area contributed by atoms with Crippen molar-refractivity contribution < 1.29 is 23.8 Å². The smallest absolute Gasteiger partial charge is 0.405 e. The minimum absolute atomic E-state index is 0.0728. The molecule has 2 aromatic carbocycles. The van der Waals surface area contributed by atoms with Crippen LogP contribution in [-0.2, 0) is 11.3 Å². The maximum Gasteiger partial charge on any atom is 0.405 e. The fourth-order valence-electron chi connectivity index (χ4n) is 4.27. The maximum absolute atomic E-state index is 13.9. The molecule has 9 heteroatoms. The second-order valence-corrected chi connectivity index (χ2v) is 10.3. The number of rotatable bonds is 8. The predicted octanol–water partition coefficient (Wildman–Crippen LogP) is 4.68. The molecule has 4 N–H and O–H groups in total. The number of carboxylic acid groups (broad SMARTS) is 1. The van der Waals surface area contributed by atoms with E-state index < -0.39 is 29.3 Å². The minimum Gasteiger partial charge on any atom is -0.484 e. The fraction of sp³-hybridized carbons (Fsp3) is 0.370. The zero-order valence-electron chi connectivity index (χ0n) is 21.1. The van der Waals surface area contributed by atoms with Gasteiger partial charge in [-0.25, -0.2) is 9.18 Å². The Morgan fingerprint density at radius 2 is 1.75 bits per heavy atom. The summed E-state index contributed by atoms with van der Waals surface area (Å²) in [7, 11) is 0. The van der Waals surface area contributed by atoms with Crippen LogP contribution < -0.4 is 21.3 Å². The Hall–Kier alpha value is -3.88. The number of carbonyl (C=O) groups excluding carboxylic acids is 1. The molecule has 2 amide bonds. The molecule has 0 aliphatic carbocycles. The number of hydrogen-bond acceptors (Lipinski definition) is 4. The molecule has 1 atom stereocenters. The SMILES string of the molecule is CC(C)Cn1c(C(NC(=O)O)C(C)(C)C)c(-c2ccc(F)cc2)c2cc(OCC(N)=O)ccc2c1=O. The average molecular weight is 498 g/mol. The summed E-state index contributed by atoms with van der Waals surface area (Å²) in [6.45, 7) is 9.56. The van der Waals surface area contributed by atoms with E-state index >= 15 is 0 Å². The Kier molecular flexibility index (Phi) is 7.71. The number of aromatic nitrogens is 1. The highest BCUT2D eigenvalue weighted by Crippen LogP contribution is 2.41. The van der Waals surface area contributed by atoms with E-state index in [0.29, 0.717) is 39.9 Å². The Morgan fingerprint density at radius 1 is 1.11 bits per heavy atom. The molecule has 1 unspecified atom stereocenters. The molecule has 0 bridgehead atoms. The molecule has 0 aliphatic rings. The van der Waals surface area contributed by atoms with Gasteiger partial charge in [0.05, 0.1) is 11.7 Å². The lowest BCUT2D eigenvalue weighted by Gasteiger charge is -2.35. The first-order valence-corrected chi connectivity index (χ1v) is 11.7. The van der Waals surface area contributed by atoms with Crippen molar-refractivity contribution in [3.8, 4) is 16.9 Å². The topological polar surface area (TPSA) is 124 Å². The van der Waals surface area contributed by atoms with Gasteiger partial charge in [-0.15, -0.1) is 0 Å². The molecule has 0 spiro atoms. The highest BCUT2D eigenvalue weighted by molar-refractivity contribution is 5.98. The van der Waals surface area contributed by atoms with Gasteiger partial charge in [-0.3, -0.25) is 9.59 Å². The van der Waals surface area contributed by atoms with E-state index in [4.69, 9.17) is 10.5 Å². The minimum atomic E-state index is -1.23. The highest BCUT2D eigenvalue weighted by atomic mass is 19.1. The monoisotopic (exact) mass is 497 g/mol. The summed E-state index contributed by atoms with van der Waals surface area (Å²) >= 11 is 0. The number of primary amides is 1. The van der Waals surface area contributed by atoms with Crippen LogP contribution in [0.25, 0.3) is 21.9 Å². The van der Waals surface area contributed by atoms with E-state index in [0.717, 1.165) is 0 Å². The van der Waals surface area contributed by atoms with Crippen molar-refractivity contribution in [3.05, 3.63) is 64.3 Å². The van der Waals surface area contributed by atoms with Crippen LogP contribution in [-0.4, -0.2) is 28.3 Å². The van der Waals surface area contributed by atoms with E-state index in [1.807, 2.05) is 34.6 Å². The van der Waals surface area contributed by atoms with Crippen molar-refractivity contribution in [1.82, 2.24) is 9.88 Å². The van der Waals surface area contributed by atoms with Crippen molar-refractivity contribution >= 4 is 22.8 Å². The maximum atomic E-state index is 13.9. The van der Waals surface area contributed by atoms with Crippen molar-refractivity contribution in [2.45, 2.75) is 47.2 Å². The number of hydrogen-bond donors (Lipinski definition) is 3. The Bertz CT molecular complexity index is 1340. The van der Waals surface area contributed by atoms with E-state index in [-0.39, 0.29) is 18.1 Å². The van der Waals surface area contributed by atoms with Gasteiger partial charge in [-0.2, -0.15) is 0 Å². The van der Waals surface area contributed by atoms with Crippen LogP contribution in [0.3, 0.4) is 0 Å². The van der Waals surface area contributed by atoms with Gasteiger partial charge in [0.2, 0.25) is 0 Å².